The molecule has 6 nitrogen and oxygen atoms in total. The Labute approximate surface area is 190 Å². The molecule has 0 bridgehead atoms. The van der Waals surface area contributed by atoms with Crippen LogP contribution in [0.2, 0.25) is 0 Å². The average Bonchev–Trinajstić information content (AvgIpc) is 3.24. The summed E-state index contributed by atoms with van der Waals surface area (Å²) in [5, 5.41) is 3.20. The Balaban J connectivity index is 1.57. The molecule has 4 rings (SSSR count). The Hall–Kier alpha value is -3.84. The highest BCUT2D eigenvalue weighted by Crippen LogP contribution is 2.32. The van der Waals surface area contributed by atoms with Crippen molar-refractivity contribution in [1.29, 1.82) is 0 Å². The molecule has 0 aliphatic heterocycles. The number of carbonyl (C=O) groups is 2. The van der Waals surface area contributed by atoms with E-state index in [-0.39, 0.29) is 5.91 Å². The van der Waals surface area contributed by atoms with Gasteiger partial charge in [-0.3, -0.25) is 14.2 Å². The molecule has 160 valence electrons. The van der Waals surface area contributed by atoms with E-state index in [0.717, 1.165) is 22.1 Å². The summed E-state index contributed by atoms with van der Waals surface area (Å²) in [4.78, 5) is 28.6. The maximum Gasteiger partial charge on any atom is 0.248 e. The molecular formula is C25H22N4O2S. The van der Waals surface area contributed by atoms with E-state index in [1.165, 1.54) is 11.8 Å². The number of thioether (sulfide) groups is 1. The number of rotatable bonds is 7. The molecule has 3 N–H and O–H groups in total. The number of hydrogen-bond acceptors (Lipinski definition) is 4. The molecule has 0 spiro atoms. The van der Waals surface area contributed by atoms with Crippen LogP contribution < -0.4 is 11.1 Å². The lowest BCUT2D eigenvalue weighted by Crippen LogP contribution is -2.23. The topological polar surface area (TPSA) is 90.0 Å². The molecule has 0 saturated heterocycles. The summed E-state index contributed by atoms with van der Waals surface area (Å²) in [5.41, 5.74) is 9.23. The second-order valence-electron chi connectivity index (χ2n) is 7.15. The predicted molar refractivity (Wildman–Crippen MR) is 128 cm³/mol. The molecule has 1 aromatic heterocycles. The van der Waals surface area contributed by atoms with Gasteiger partial charge in [-0.1, -0.05) is 60.3 Å². The summed E-state index contributed by atoms with van der Waals surface area (Å²) in [6.07, 6.45) is 1.83. The number of benzene rings is 3. The third kappa shape index (κ3) is 4.73. The van der Waals surface area contributed by atoms with Crippen molar-refractivity contribution in [3.05, 3.63) is 96.7 Å². The number of carbonyl (C=O) groups excluding carboxylic acids is 2. The highest BCUT2D eigenvalue weighted by Gasteiger charge is 2.21. The second kappa shape index (κ2) is 9.53. The molecule has 0 unspecified atom stereocenters. The van der Waals surface area contributed by atoms with Gasteiger partial charge in [0.05, 0.1) is 17.1 Å². The summed E-state index contributed by atoms with van der Waals surface area (Å²) in [7, 11) is 0. The van der Waals surface area contributed by atoms with Crippen molar-refractivity contribution in [3.63, 3.8) is 0 Å². The lowest BCUT2D eigenvalue weighted by atomic mass is 10.1. The molecule has 7 heteroatoms. The first-order valence-electron chi connectivity index (χ1n) is 10.1. The summed E-state index contributed by atoms with van der Waals surface area (Å²) >= 11 is 1.38. The number of hydrogen-bond donors (Lipinski definition) is 2. The van der Waals surface area contributed by atoms with Crippen molar-refractivity contribution in [1.82, 2.24) is 9.55 Å². The average molecular weight is 443 g/mol. The minimum Gasteiger partial charge on any atom is -0.366 e. The largest absolute Gasteiger partial charge is 0.366 e. The minimum atomic E-state index is -0.506. The zero-order chi connectivity index (χ0) is 22.5. The number of amides is 2. The van der Waals surface area contributed by atoms with E-state index in [2.05, 4.69) is 14.9 Å². The van der Waals surface area contributed by atoms with E-state index in [9.17, 15) is 9.59 Å². The lowest BCUT2D eigenvalue weighted by molar-refractivity contribution is -0.115. The van der Waals surface area contributed by atoms with Crippen LogP contribution >= 0.6 is 11.8 Å². The maximum absolute atomic E-state index is 12.8. The molecule has 3 aromatic carbocycles. The number of aromatic nitrogens is 2. The first kappa shape index (κ1) is 21.4. The van der Waals surface area contributed by atoms with Gasteiger partial charge in [-0.2, -0.15) is 0 Å². The molecule has 2 amide bonds. The van der Waals surface area contributed by atoms with Crippen molar-refractivity contribution in [3.8, 4) is 16.9 Å². The number of nitrogens with two attached hydrogens (primary N) is 1. The smallest absolute Gasteiger partial charge is 0.248 e. The zero-order valence-corrected chi connectivity index (χ0v) is 18.3. The first-order chi connectivity index (χ1) is 15.5. The quantitative estimate of drug-likeness (QED) is 0.404. The highest BCUT2D eigenvalue weighted by molar-refractivity contribution is 8.00. The number of imidazole rings is 1. The van der Waals surface area contributed by atoms with Gasteiger partial charge in [-0.15, -0.1) is 0 Å². The van der Waals surface area contributed by atoms with Gasteiger partial charge in [0.2, 0.25) is 11.8 Å². The van der Waals surface area contributed by atoms with E-state index in [0.29, 0.717) is 11.3 Å². The van der Waals surface area contributed by atoms with Crippen LogP contribution in [-0.2, 0) is 4.79 Å². The van der Waals surface area contributed by atoms with Crippen LogP contribution in [0.3, 0.4) is 0 Å². The van der Waals surface area contributed by atoms with Crippen molar-refractivity contribution in [2.24, 2.45) is 5.73 Å². The van der Waals surface area contributed by atoms with E-state index in [1.54, 1.807) is 24.3 Å². The number of nitrogens with one attached hydrogen (secondary N) is 1. The SMILES string of the molecule is C[C@@H](Sc1ncc(-c2ccccc2)n1-c1ccccc1)C(=O)Nc1ccc(C(N)=O)cc1. The third-order valence-corrected chi connectivity index (χ3v) is 5.97. The Morgan fingerprint density at radius 1 is 0.938 bits per heavy atom. The van der Waals surface area contributed by atoms with Crippen molar-refractivity contribution in [2.45, 2.75) is 17.3 Å². The number of para-hydroxylation sites is 1. The van der Waals surface area contributed by atoms with E-state index in [4.69, 9.17) is 5.73 Å². The van der Waals surface area contributed by atoms with Crippen molar-refractivity contribution >= 4 is 29.3 Å². The lowest BCUT2D eigenvalue weighted by Gasteiger charge is -2.15. The van der Waals surface area contributed by atoms with Gasteiger partial charge in [-0.05, 0) is 43.3 Å². The summed E-state index contributed by atoms with van der Waals surface area (Å²) in [5.74, 6) is -0.667. The molecule has 0 saturated carbocycles. The van der Waals surface area contributed by atoms with Crippen LogP contribution in [0.1, 0.15) is 17.3 Å². The molecule has 0 aliphatic carbocycles. The molecular weight excluding hydrogens is 420 g/mol. The fourth-order valence-corrected chi connectivity index (χ4v) is 4.14. The van der Waals surface area contributed by atoms with Crippen molar-refractivity contribution < 1.29 is 9.59 Å². The zero-order valence-electron chi connectivity index (χ0n) is 17.4. The third-order valence-electron chi connectivity index (χ3n) is 4.90. The highest BCUT2D eigenvalue weighted by atomic mass is 32.2. The Kier molecular flexibility index (Phi) is 6.37. The Morgan fingerprint density at radius 2 is 1.56 bits per heavy atom. The molecule has 0 aliphatic rings. The number of anilines is 1. The monoisotopic (exact) mass is 442 g/mol. The fourth-order valence-electron chi connectivity index (χ4n) is 3.23. The summed E-state index contributed by atoms with van der Waals surface area (Å²) in [6.45, 7) is 1.84. The van der Waals surface area contributed by atoms with Crippen LogP contribution in [0.5, 0.6) is 0 Å². The van der Waals surface area contributed by atoms with E-state index >= 15 is 0 Å². The van der Waals surface area contributed by atoms with Gasteiger partial charge in [0, 0.05) is 22.5 Å². The van der Waals surface area contributed by atoms with Gasteiger partial charge >= 0.3 is 0 Å². The molecule has 32 heavy (non-hydrogen) atoms. The van der Waals surface area contributed by atoms with Crippen LogP contribution in [0.25, 0.3) is 16.9 Å². The molecule has 4 aromatic rings. The van der Waals surface area contributed by atoms with Crippen LogP contribution in [-0.4, -0.2) is 26.6 Å². The van der Waals surface area contributed by atoms with Crippen LogP contribution in [0.4, 0.5) is 5.69 Å². The Bertz CT molecular complexity index is 1220. The summed E-state index contributed by atoms with van der Waals surface area (Å²) in [6, 6.07) is 26.5. The van der Waals surface area contributed by atoms with Gasteiger partial charge in [0.25, 0.3) is 0 Å². The van der Waals surface area contributed by atoms with Gasteiger partial charge in [0.15, 0.2) is 5.16 Å². The normalized spacial score (nSPS) is 11.7. The molecule has 1 heterocycles. The van der Waals surface area contributed by atoms with Crippen LogP contribution in [0.15, 0.2) is 96.3 Å². The predicted octanol–water partition coefficient (Wildman–Crippen LogP) is 4.76. The van der Waals surface area contributed by atoms with Crippen LogP contribution in [0, 0.1) is 0 Å². The fraction of sp³-hybridized carbons (Fsp3) is 0.0800. The van der Waals surface area contributed by atoms with E-state index < -0.39 is 11.2 Å². The number of primary amides is 1. The molecule has 0 radical (unpaired) electrons. The van der Waals surface area contributed by atoms with E-state index in [1.807, 2.05) is 73.8 Å². The second-order valence-corrected chi connectivity index (χ2v) is 8.46. The van der Waals surface area contributed by atoms with Gasteiger partial charge < -0.3 is 11.1 Å². The summed E-state index contributed by atoms with van der Waals surface area (Å²) < 4.78 is 2.06. The first-order valence-corrected chi connectivity index (χ1v) is 11.0. The molecule has 0 fully saturated rings. The van der Waals surface area contributed by atoms with Gasteiger partial charge in [-0.25, -0.2) is 4.98 Å². The van der Waals surface area contributed by atoms with Gasteiger partial charge in [0.1, 0.15) is 0 Å². The van der Waals surface area contributed by atoms with Crippen molar-refractivity contribution in [2.75, 3.05) is 5.32 Å². The number of nitrogens with zero attached hydrogens (tertiary/aromatic N) is 2. The standard InChI is InChI=1S/C25H22N4O2S/c1-17(24(31)28-20-14-12-19(13-15-20)23(26)30)32-25-27-16-22(18-8-4-2-5-9-18)29(25)21-10-6-3-7-11-21/h2-17H,1H3,(H2,26,30)(H,28,31)/t17-/m1/s1. The maximum atomic E-state index is 12.8. The molecule has 1 atom stereocenters. The Morgan fingerprint density at radius 3 is 2.19 bits per heavy atom. The minimum absolute atomic E-state index is 0.161.